The van der Waals surface area contributed by atoms with Crippen LogP contribution >= 0.6 is 0 Å². The number of aryl methyl sites for hydroxylation is 1. The van der Waals surface area contributed by atoms with E-state index in [4.69, 9.17) is 5.73 Å². The Bertz CT molecular complexity index is 496. The third-order valence-corrected chi connectivity index (χ3v) is 3.43. The first-order valence-electron chi connectivity index (χ1n) is 6.72. The lowest BCUT2D eigenvalue weighted by molar-refractivity contribution is 0.527. The van der Waals surface area contributed by atoms with Crippen molar-refractivity contribution in [2.75, 3.05) is 12.8 Å². The molecule has 0 radical (unpaired) electrons. The lowest BCUT2D eigenvalue weighted by Gasteiger charge is -2.16. The highest BCUT2D eigenvalue weighted by Crippen LogP contribution is 2.20. The minimum absolute atomic E-state index is 0.402. The molecule has 0 aliphatic rings. The molecule has 3 N–H and O–H groups in total. The number of nitrogen functional groups attached to an aromatic ring is 1. The smallest absolute Gasteiger partial charge is 0.0377 e. The predicted octanol–water partition coefficient (Wildman–Crippen LogP) is 2.95. The van der Waals surface area contributed by atoms with E-state index in [1.54, 1.807) is 6.20 Å². The Morgan fingerprint density at radius 1 is 1.21 bits per heavy atom. The summed E-state index contributed by atoms with van der Waals surface area (Å²) in [7, 11) is 2.01. The first kappa shape index (κ1) is 13.6. The number of hydrogen-bond donors (Lipinski definition) is 2. The van der Waals surface area contributed by atoms with Crippen molar-refractivity contribution in [3.8, 4) is 0 Å². The van der Waals surface area contributed by atoms with Crippen LogP contribution in [0.1, 0.15) is 30.0 Å². The first-order valence-corrected chi connectivity index (χ1v) is 6.72. The zero-order valence-electron chi connectivity index (χ0n) is 11.3. The summed E-state index contributed by atoms with van der Waals surface area (Å²) in [6, 6.07) is 12.8. The molecule has 0 saturated carbocycles. The number of aromatic nitrogens is 1. The van der Waals surface area contributed by atoms with Gasteiger partial charge in [0.15, 0.2) is 0 Å². The van der Waals surface area contributed by atoms with E-state index in [-0.39, 0.29) is 0 Å². The maximum absolute atomic E-state index is 5.93. The van der Waals surface area contributed by atoms with Gasteiger partial charge < -0.3 is 11.1 Å². The summed E-state index contributed by atoms with van der Waals surface area (Å²) in [4.78, 5) is 4.13. The Labute approximate surface area is 114 Å². The summed E-state index contributed by atoms with van der Waals surface area (Å²) in [5.74, 6) is 0. The molecule has 0 amide bonds. The third kappa shape index (κ3) is 3.80. The van der Waals surface area contributed by atoms with E-state index in [1.807, 2.05) is 25.4 Å². The number of rotatable bonds is 6. The minimum atomic E-state index is 0.402. The van der Waals surface area contributed by atoms with Gasteiger partial charge in [0.1, 0.15) is 0 Å². The van der Waals surface area contributed by atoms with Gasteiger partial charge >= 0.3 is 0 Å². The van der Waals surface area contributed by atoms with Crippen LogP contribution in [0.25, 0.3) is 0 Å². The van der Waals surface area contributed by atoms with E-state index >= 15 is 0 Å². The van der Waals surface area contributed by atoms with Crippen molar-refractivity contribution in [2.24, 2.45) is 0 Å². The number of nitrogens with zero attached hydrogens (tertiary/aromatic N) is 1. The third-order valence-electron chi connectivity index (χ3n) is 3.43. The molecular weight excluding hydrogens is 234 g/mol. The summed E-state index contributed by atoms with van der Waals surface area (Å²) in [5.41, 5.74) is 9.25. The predicted molar refractivity (Wildman–Crippen MR) is 79.8 cm³/mol. The fraction of sp³-hybridized carbons (Fsp3) is 0.312. The number of pyridine rings is 1. The van der Waals surface area contributed by atoms with E-state index < -0.39 is 0 Å². The van der Waals surface area contributed by atoms with E-state index in [0.29, 0.717) is 6.04 Å². The van der Waals surface area contributed by atoms with Gasteiger partial charge in [0, 0.05) is 24.1 Å². The molecule has 0 aliphatic carbocycles. The largest absolute Gasteiger partial charge is 0.398 e. The molecule has 0 saturated heterocycles. The van der Waals surface area contributed by atoms with Crippen LogP contribution in [0.2, 0.25) is 0 Å². The highest BCUT2D eigenvalue weighted by molar-refractivity contribution is 5.44. The van der Waals surface area contributed by atoms with Crippen molar-refractivity contribution < 1.29 is 0 Å². The molecule has 19 heavy (non-hydrogen) atoms. The second kappa shape index (κ2) is 6.90. The second-order valence-corrected chi connectivity index (χ2v) is 4.72. The van der Waals surface area contributed by atoms with Gasteiger partial charge in [0.2, 0.25) is 0 Å². The van der Waals surface area contributed by atoms with Crippen molar-refractivity contribution >= 4 is 5.69 Å². The normalized spacial score (nSPS) is 12.3. The first-order chi connectivity index (χ1) is 9.31. The average Bonchev–Trinajstić information content (AvgIpc) is 2.46. The highest BCUT2D eigenvalue weighted by atomic mass is 14.9. The van der Waals surface area contributed by atoms with Crippen LogP contribution in [0.4, 0.5) is 5.69 Å². The summed E-state index contributed by atoms with van der Waals surface area (Å²) in [5, 5.41) is 3.37. The zero-order chi connectivity index (χ0) is 13.5. The van der Waals surface area contributed by atoms with Gasteiger partial charge in [0.25, 0.3) is 0 Å². The van der Waals surface area contributed by atoms with E-state index in [9.17, 15) is 0 Å². The number of nitrogens with one attached hydrogen (secondary N) is 1. The number of nitrogens with two attached hydrogens (primary N) is 1. The van der Waals surface area contributed by atoms with E-state index in [1.165, 1.54) is 5.56 Å². The molecule has 100 valence electrons. The van der Waals surface area contributed by atoms with Crippen molar-refractivity contribution in [3.05, 3.63) is 59.9 Å². The molecule has 2 rings (SSSR count). The summed E-state index contributed by atoms with van der Waals surface area (Å²) >= 11 is 0. The Morgan fingerprint density at radius 2 is 2.00 bits per heavy atom. The lowest BCUT2D eigenvalue weighted by atomic mass is 9.99. The van der Waals surface area contributed by atoms with Crippen molar-refractivity contribution in [3.63, 3.8) is 0 Å². The Balaban J connectivity index is 1.89. The van der Waals surface area contributed by atoms with Gasteiger partial charge in [0.05, 0.1) is 0 Å². The number of hydrogen-bond acceptors (Lipinski definition) is 3. The fourth-order valence-electron chi connectivity index (χ4n) is 2.31. The van der Waals surface area contributed by atoms with Crippen LogP contribution in [0.5, 0.6) is 0 Å². The van der Waals surface area contributed by atoms with Gasteiger partial charge in [-0.25, -0.2) is 0 Å². The Morgan fingerprint density at radius 3 is 2.68 bits per heavy atom. The maximum atomic E-state index is 5.93. The molecular formula is C16H21N3. The standard InChI is InChI=1S/C16H21N3/c1-18-16(13-6-3-2-4-7-13)9-5-8-14-12-19-11-10-15(14)17/h2-4,6-7,10-12,16,18H,5,8-9H2,1H3,(H2,17,19). The van der Waals surface area contributed by atoms with Crippen LogP contribution in [0, 0.1) is 0 Å². The van der Waals surface area contributed by atoms with Crippen LogP contribution in [-0.4, -0.2) is 12.0 Å². The number of benzene rings is 1. The molecule has 1 aromatic carbocycles. The topological polar surface area (TPSA) is 50.9 Å². The molecule has 2 aromatic rings. The highest BCUT2D eigenvalue weighted by Gasteiger charge is 2.08. The molecule has 1 atom stereocenters. The summed E-state index contributed by atoms with van der Waals surface area (Å²) in [6.07, 6.45) is 6.77. The fourth-order valence-corrected chi connectivity index (χ4v) is 2.31. The molecule has 1 aromatic heterocycles. The molecule has 0 fully saturated rings. The molecule has 0 aliphatic heterocycles. The lowest BCUT2D eigenvalue weighted by Crippen LogP contribution is -2.16. The maximum Gasteiger partial charge on any atom is 0.0377 e. The van der Waals surface area contributed by atoms with Gasteiger partial charge in [-0.05, 0) is 43.5 Å². The van der Waals surface area contributed by atoms with Crippen molar-refractivity contribution in [1.29, 1.82) is 0 Å². The van der Waals surface area contributed by atoms with Crippen LogP contribution in [-0.2, 0) is 6.42 Å². The summed E-state index contributed by atoms with van der Waals surface area (Å²) < 4.78 is 0. The SMILES string of the molecule is CNC(CCCc1cnccc1N)c1ccccc1. The average molecular weight is 255 g/mol. The zero-order valence-corrected chi connectivity index (χ0v) is 11.3. The summed E-state index contributed by atoms with van der Waals surface area (Å²) in [6.45, 7) is 0. The molecule has 1 heterocycles. The van der Waals surface area contributed by atoms with Gasteiger partial charge in [-0.2, -0.15) is 0 Å². The van der Waals surface area contributed by atoms with Crippen LogP contribution in [0.15, 0.2) is 48.8 Å². The van der Waals surface area contributed by atoms with Gasteiger partial charge in [-0.15, -0.1) is 0 Å². The van der Waals surface area contributed by atoms with E-state index in [0.717, 1.165) is 30.5 Å². The minimum Gasteiger partial charge on any atom is -0.398 e. The van der Waals surface area contributed by atoms with Crippen molar-refractivity contribution in [2.45, 2.75) is 25.3 Å². The molecule has 3 heteroatoms. The van der Waals surface area contributed by atoms with Gasteiger partial charge in [-0.3, -0.25) is 4.98 Å². The Kier molecular flexibility index (Phi) is 4.93. The molecule has 3 nitrogen and oxygen atoms in total. The van der Waals surface area contributed by atoms with E-state index in [2.05, 4.69) is 34.6 Å². The quantitative estimate of drug-likeness (QED) is 0.834. The van der Waals surface area contributed by atoms with Crippen LogP contribution in [0.3, 0.4) is 0 Å². The van der Waals surface area contributed by atoms with Crippen LogP contribution < -0.4 is 11.1 Å². The molecule has 1 unspecified atom stereocenters. The van der Waals surface area contributed by atoms with Crippen molar-refractivity contribution in [1.82, 2.24) is 10.3 Å². The second-order valence-electron chi connectivity index (χ2n) is 4.72. The molecule has 0 bridgehead atoms. The number of anilines is 1. The Hall–Kier alpha value is -1.87. The van der Waals surface area contributed by atoms with Gasteiger partial charge in [-0.1, -0.05) is 30.3 Å². The monoisotopic (exact) mass is 255 g/mol. The molecule has 0 spiro atoms.